The van der Waals surface area contributed by atoms with E-state index in [1.165, 1.54) is 6.07 Å². The van der Waals surface area contributed by atoms with Crippen LogP contribution in [0.5, 0.6) is 0 Å². The first-order chi connectivity index (χ1) is 12.0. The predicted octanol–water partition coefficient (Wildman–Crippen LogP) is 3.16. The van der Waals surface area contributed by atoms with Gasteiger partial charge in [-0.1, -0.05) is 12.1 Å². The molecule has 7 heteroatoms. The van der Waals surface area contributed by atoms with E-state index in [2.05, 4.69) is 10.6 Å². The molecule has 1 aromatic carbocycles. The molecule has 0 spiro atoms. The number of hydrogen-bond acceptors (Lipinski definition) is 3. The quantitative estimate of drug-likeness (QED) is 0.743. The van der Waals surface area contributed by atoms with E-state index < -0.39 is 5.82 Å². The summed E-state index contributed by atoms with van der Waals surface area (Å²) < 4.78 is 13.5. The summed E-state index contributed by atoms with van der Waals surface area (Å²) in [4.78, 5) is 26.9. The van der Waals surface area contributed by atoms with E-state index in [4.69, 9.17) is 0 Å². The van der Waals surface area contributed by atoms with E-state index in [1.54, 1.807) is 35.3 Å². The lowest BCUT2D eigenvalue weighted by Crippen LogP contribution is -2.42. The first-order valence-corrected chi connectivity index (χ1v) is 8.98. The van der Waals surface area contributed by atoms with E-state index in [0.29, 0.717) is 25.2 Å². The normalized spacial score (nSPS) is 10.4. The summed E-state index contributed by atoms with van der Waals surface area (Å²) in [7, 11) is 0. The molecule has 1 aromatic heterocycles. The van der Waals surface area contributed by atoms with Crippen molar-refractivity contribution in [1.82, 2.24) is 15.5 Å². The van der Waals surface area contributed by atoms with Gasteiger partial charge in [0.05, 0.1) is 6.54 Å². The van der Waals surface area contributed by atoms with Crippen LogP contribution in [0.15, 0.2) is 35.7 Å². The first-order valence-electron chi connectivity index (χ1n) is 8.10. The molecule has 25 heavy (non-hydrogen) atoms. The van der Waals surface area contributed by atoms with Crippen molar-refractivity contribution in [2.24, 2.45) is 0 Å². The zero-order valence-corrected chi connectivity index (χ0v) is 15.2. The third-order valence-corrected chi connectivity index (χ3v) is 4.58. The number of thiophene rings is 1. The van der Waals surface area contributed by atoms with Crippen LogP contribution < -0.4 is 10.6 Å². The van der Waals surface area contributed by atoms with Crippen molar-refractivity contribution < 1.29 is 14.0 Å². The fourth-order valence-corrected chi connectivity index (χ4v) is 2.93. The molecule has 2 N–H and O–H groups in total. The summed E-state index contributed by atoms with van der Waals surface area (Å²) in [5.74, 6) is -0.771. The van der Waals surface area contributed by atoms with E-state index in [9.17, 15) is 14.0 Å². The minimum atomic E-state index is -0.409. The van der Waals surface area contributed by atoms with Gasteiger partial charge in [-0.25, -0.2) is 9.18 Å². The molecule has 0 aliphatic carbocycles. The van der Waals surface area contributed by atoms with E-state index in [1.807, 2.05) is 24.4 Å². The number of urea groups is 1. The molecule has 0 fully saturated rings. The SMILES string of the molecule is CCN(Cc1cccs1)C(=O)NCCNC(=O)c1ccc(C)c(F)c1. The fourth-order valence-electron chi connectivity index (χ4n) is 2.21. The van der Waals surface area contributed by atoms with Crippen LogP contribution in [0, 0.1) is 12.7 Å². The Hall–Kier alpha value is -2.41. The van der Waals surface area contributed by atoms with E-state index in [-0.39, 0.29) is 24.0 Å². The second-order valence-electron chi connectivity index (χ2n) is 5.55. The molecule has 0 bridgehead atoms. The number of nitrogens with one attached hydrogen (secondary N) is 2. The van der Waals surface area contributed by atoms with E-state index in [0.717, 1.165) is 4.88 Å². The van der Waals surface area contributed by atoms with Crippen molar-refractivity contribution >= 4 is 23.3 Å². The summed E-state index contributed by atoms with van der Waals surface area (Å²) >= 11 is 1.61. The highest BCUT2D eigenvalue weighted by Gasteiger charge is 2.12. The van der Waals surface area contributed by atoms with Crippen LogP contribution >= 0.6 is 11.3 Å². The van der Waals surface area contributed by atoms with Crippen molar-refractivity contribution in [3.05, 3.63) is 57.5 Å². The number of rotatable bonds is 7. The minimum Gasteiger partial charge on any atom is -0.350 e. The average Bonchev–Trinajstić information content (AvgIpc) is 3.11. The molecule has 134 valence electrons. The maximum atomic E-state index is 13.5. The zero-order chi connectivity index (χ0) is 18.2. The molecular formula is C18H22FN3O2S. The Morgan fingerprint density at radius 1 is 1.20 bits per heavy atom. The summed E-state index contributed by atoms with van der Waals surface area (Å²) in [5.41, 5.74) is 0.761. The molecule has 0 aliphatic rings. The van der Waals surface area contributed by atoms with Crippen LogP contribution in [0.25, 0.3) is 0 Å². The van der Waals surface area contributed by atoms with Crippen molar-refractivity contribution in [2.75, 3.05) is 19.6 Å². The van der Waals surface area contributed by atoms with Crippen molar-refractivity contribution in [3.63, 3.8) is 0 Å². The minimum absolute atomic E-state index is 0.175. The Morgan fingerprint density at radius 2 is 1.96 bits per heavy atom. The van der Waals surface area contributed by atoms with Crippen molar-refractivity contribution in [2.45, 2.75) is 20.4 Å². The number of carbonyl (C=O) groups is 2. The molecule has 2 aromatic rings. The lowest BCUT2D eigenvalue weighted by molar-refractivity contribution is 0.0953. The fraction of sp³-hybridized carbons (Fsp3) is 0.333. The third kappa shape index (κ3) is 5.56. The van der Waals surface area contributed by atoms with Gasteiger partial charge >= 0.3 is 6.03 Å². The number of carbonyl (C=O) groups excluding carboxylic acids is 2. The van der Waals surface area contributed by atoms with Crippen LogP contribution in [0.4, 0.5) is 9.18 Å². The number of amides is 3. The molecule has 0 atom stereocenters. The molecule has 1 heterocycles. The second-order valence-corrected chi connectivity index (χ2v) is 6.58. The molecule has 5 nitrogen and oxygen atoms in total. The number of nitrogens with zero attached hydrogens (tertiary/aromatic N) is 1. The van der Waals surface area contributed by atoms with Gasteiger partial charge in [0.25, 0.3) is 5.91 Å². The molecule has 0 aliphatic heterocycles. The number of benzene rings is 1. The topological polar surface area (TPSA) is 61.4 Å². The molecule has 0 unspecified atom stereocenters. The number of hydrogen-bond donors (Lipinski definition) is 2. The summed E-state index contributed by atoms with van der Waals surface area (Å²) in [6, 6.07) is 8.12. The molecular weight excluding hydrogens is 341 g/mol. The maximum Gasteiger partial charge on any atom is 0.317 e. The summed E-state index contributed by atoms with van der Waals surface area (Å²) in [6.07, 6.45) is 0. The number of aryl methyl sites for hydroxylation is 1. The van der Waals surface area contributed by atoms with Crippen LogP contribution in [0.3, 0.4) is 0 Å². The number of halogens is 1. The van der Waals surface area contributed by atoms with Crippen LogP contribution in [-0.2, 0) is 6.54 Å². The van der Waals surface area contributed by atoms with Crippen molar-refractivity contribution in [1.29, 1.82) is 0 Å². The van der Waals surface area contributed by atoms with Gasteiger partial charge in [0.1, 0.15) is 5.82 Å². The monoisotopic (exact) mass is 363 g/mol. The lowest BCUT2D eigenvalue weighted by Gasteiger charge is -2.20. The molecule has 2 rings (SSSR count). The van der Waals surface area contributed by atoms with Gasteiger partial charge in [0, 0.05) is 30.1 Å². The average molecular weight is 363 g/mol. The standard InChI is InChI=1S/C18H22FN3O2S/c1-3-22(12-15-5-4-10-25-15)18(24)21-9-8-20-17(23)14-7-6-13(2)16(19)11-14/h4-7,10-11H,3,8-9,12H2,1-2H3,(H,20,23)(H,21,24). The second kappa shape index (κ2) is 9.17. The van der Waals surface area contributed by atoms with Crippen LogP contribution in [0.2, 0.25) is 0 Å². The Bertz CT molecular complexity index is 719. The molecule has 0 radical (unpaired) electrons. The largest absolute Gasteiger partial charge is 0.350 e. The first kappa shape index (κ1) is 18.9. The van der Waals surface area contributed by atoms with Gasteiger partial charge in [0.15, 0.2) is 0 Å². The van der Waals surface area contributed by atoms with Gasteiger partial charge in [0.2, 0.25) is 0 Å². The van der Waals surface area contributed by atoms with Gasteiger partial charge in [-0.15, -0.1) is 11.3 Å². The van der Waals surface area contributed by atoms with E-state index >= 15 is 0 Å². The highest BCUT2D eigenvalue weighted by Crippen LogP contribution is 2.11. The Labute approximate surface area is 150 Å². The van der Waals surface area contributed by atoms with Crippen molar-refractivity contribution in [3.8, 4) is 0 Å². The predicted molar refractivity (Wildman–Crippen MR) is 97.3 cm³/mol. The van der Waals surface area contributed by atoms with Gasteiger partial charge in [-0.05, 0) is 43.0 Å². The lowest BCUT2D eigenvalue weighted by atomic mass is 10.1. The highest BCUT2D eigenvalue weighted by molar-refractivity contribution is 7.09. The Kier molecular flexibility index (Phi) is 6.94. The maximum absolute atomic E-state index is 13.5. The molecule has 0 saturated carbocycles. The van der Waals surface area contributed by atoms with Gasteiger partial charge < -0.3 is 15.5 Å². The zero-order valence-electron chi connectivity index (χ0n) is 14.3. The smallest absolute Gasteiger partial charge is 0.317 e. The molecule has 0 saturated heterocycles. The third-order valence-electron chi connectivity index (χ3n) is 3.72. The highest BCUT2D eigenvalue weighted by atomic mass is 32.1. The van der Waals surface area contributed by atoms with Crippen LogP contribution in [0.1, 0.15) is 27.7 Å². The summed E-state index contributed by atoms with van der Waals surface area (Å²) in [5, 5.41) is 7.42. The molecule has 3 amide bonds. The Morgan fingerprint density at radius 3 is 2.60 bits per heavy atom. The van der Waals surface area contributed by atoms with Crippen LogP contribution in [-0.4, -0.2) is 36.5 Å². The Balaban J connectivity index is 1.74. The summed E-state index contributed by atoms with van der Waals surface area (Å²) in [6.45, 7) is 5.30. The van der Waals surface area contributed by atoms with Gasteiger partial charge in [-0.3, -0.25) is 4.79 Å². The van der Waals surface area contributed by atoms with Gasteiger partial charge in [-0.2, -0.15) is 0 Å².